The molecule has 0 fully saturated rings. The Labute approximate surface area is 165 Å². The molecule has 3 aromatic carbocycles. The topological polar surface area (TPSA) is 3.24 Å². The summed E-state index contributed by atoms with van der Waals surface area (Å²) in [5.74, 6) is 0. The van der Waals surface area contributed by atoms with E-state index in [0.717, 1.165) is 0 Å². The summed E-state index contributed by atoms with van der Waals surface area (Å²) in [5, 5.41) is 4.32. The van der Waals surface area contributed by atoms with Gasteiger partial charge in [0.1, 0.15) is 23.2 Å². The number of anilines is 1. The summed E-state index contributed by atoms with van der Waals surface area (Å²) in [6, 6.07) is 29.5. The first kappa shape index (κ1) is 19.6. The minimum absolute atomic E-state index is 1.18. The molecule has 0 bridgehead atoms. The maximum absolute atomic E-state index is 2.45. The quantitative estimate of drug-likeness (QED) is 0.524. The third-order valence-corrected chi connectivity index (χ3v) is 9.42. The molecule has 0 radical (unpaired) electrons. The van der Waals surface area contributed by atoms with Crippen molar-refractivity contribution in [1.82, 2.24) is 0 Å². The van der Waals surface area contributed by atoms with Gasteiger partial charge in [0.15, 0.2) is 0 Å². The molecule has 1 nitrogen and oxygen atoms in total. The van der Waals surface area contributed by atoms with Gasteiger partial charge in [0.05, 0.1) is 6.66 Å². The van der Waals surface area contributed by atoms with Crippen LogP contribution in [0.4, 0.5) is 5.69 Å². The molecule has 0 heterocycles. The van der Waals surface area contributed by atoms with Crippen molar-refractivity contribution in [3.63, 3.8) is 0 Å². The third kappa shape index (κ3) is 4.25. The van der Waals surface area contributed by atoms with E-state index in [4.69, 9.17) is 0 Å². The Morgan fingerprint density at radius 3 is 1.74 bits per heavy atom. The molecule has 27 heavy (non-hydrogen) atoms. The van der Waals surface area contributed by atoms with Gasteiger partial charge in [-0.2, -0.15) is 0 Å². The molecule has 0 aromatic heterocycles. The van der Waals surface area contributed by atoms with Crippen LogP contribution < -0.4 is 20.8 Å². The second kappa shape index (κ2) is 8.72. The first-order valence-electron chi connectivity index (χ1n) is 9.85. The fraction of sp³-hybridized carbons (Fsp3) is 0.280. The molecule has 1 atom stereocenters. The summed E-state index contributed by atoms with van der Waals surface area (Å²) in [4.78, 5) is 2.16. The number of rotatable bonds is 7. The lowest BCUT2D eigenvalue weighted by atomic mass is 10.1. The van der Waals surface area contributed by atoms with E-state index in [-0.39, 0.29) is 0 Å². The van der Waals surface area contributed by atoms with Gasteiger partial charge in [-0.1, -0.05) is 43.7 Å². The number of hydrogen-bond acceptors (Lipinski definition) is 1. The minimum atomic E-state index is -1.64. The SMILES string of the molecule is CCCCc1ccc([P+](C)(c2ccccc2)c2ccc(N(C)C)cc2)cc1. The smallest absolute Gasteiger partial charge is 0.109 e. The standard InChI is InChI=1S/C25H31NP/c1-5-6-10-21-13-17-24(18-14-21)27(4,23-11-8-7-9-12-23)25-19-15-22(16-20-25)26(2)3/h7-9,11-20H,5-6,10H2,1-4H3/q+1. The molecule has 140 valence electrons. The van der Waals surface area contributed by atoms with Gasteiger partial charge in [-0.25, -0.2) is 0 Å². The molecule has 0 aliphatic rings. The van der Waals surface area contributed by atoms with Crippen LogP contribution in [0.15, 0.2) is 78.9 Å². The highest BCUT2D eigenvalue weighted by atomic mass is 31.2. The van der Waals surface area contributed by atoms with Crippen LogP contribution >= 0.6 is 7.26 Å². The summed E-state index contributed by atoms with van der Waals surface area (Å²) >= 11 is 0. The molecule has 3 rings (SSSR count). The van der Waals surface area contributed by atoms with E-state index in [1.54, 1.807) is 0 Å². The zero-order chi connectivity index (χ0) is 19.3. The molecule has 2 heteroatoms. The van der Waals surface area contributed by atoms with E-state index in [2.05, 4.69) is 111 Å². The van der Waals surface area contributed by atoms with Gasteiger partial charge >= 0.3 is 0 Å². The van der Waals surface area contributed by atoms with E-state index >= 15 is 0 Å². The summed E-state index contributed by atoms with van der Waals surface area (Å²) in [7, 11) is 2.54. The molecule has 3 aromatic rings. The van der Waals surface area contributed by atoms with Gasteiger partial charge in [0.25, 0.3) is 0 Å². The van der Waals surface area contributed by atoms with Crippen LogP contribution in [0.3, 0.4) is 0 Å². The van der Waals surface area contributed by atoms with Crippen LogP contribution in [0.1, 0.15) is 25.3 Å². The van der Waals surface area contributed by atoms with E-state index in [1.807, 2.05) is 0 Å². The molecular weight excluding hydrogens is 345 g/mol. The molecule has 0 saturated heterocycles. The highest BCUT2D eigenvalue weighted by Crippen LogP contribution is 2.51. The Balaban J connectivity index is 2.05. The molecule has 0 aliphatic heterocycles. The monoisotopic (exact) mass is 376 g/mol. The minimum Gasteiger partial charge on any atom is -0.378 e. The van der Waals surface area contributed by atoms with E-state index in [1.165, 1.54) is 46.4 Å². The number of unbranched alkanes of at least 4 members (excludes halogenated alkanes) is 1. The van der Waals surface area contributed by atoms with Crippen LogP contribution in [0.5, 0.6) is 0 Å². The Kier molecular flexibility index (Phi) is 6.34. The van der Waals surface area contributed by atoms with Gasteiger partial charge in [-0.3, -0.25) is 0 Å². The van der Waals surface area contributed by atoms with Crippen molar-refractivity contribution in [2.24, 2.45) is 0 Å². The van der Waals surface area contributed by atoms with Gasteiger partial charge in [0.2, 0.25) is 0 Å². The van der Waals surface area contributed by atoms with Gasteiger partial charge in [-0.15, -0.1) is 0 Å². The van der Waals surface area contributed by atoms with Gasteiger partial charge in [0, 0.05) is 19.8 Å². The summed E-state index contributed by atoms with van der Waals surface area (Å²) in [5.41, 5.74) is 2.69. The molecular formula is C25H31NP+. The molecule has 0 spiro atoms. The van der Waals surface area contributed by atoms with Crippen LogP contribution in [0.2, 0.25) is 0 Å². The lowest BCUT2D eigenvalue weighted by Crippen LogP contribution is -2.30. The van der Waals surface area contributed by atoms with Crippen LogP contribution in [0.25, 0.3) is 0 Å². The average Bonchev–Trinajstić information content (AvgIpc) is 2.72. The fourth-order valence-electron chi connectivity index (χ4n) is 3.56. The van der Waals surface area contributed by atoms with Crippen molar-refractivity contribution in [1.29, 1.82) is 0 Å². The Morgan fingerprint density at radius 2 is 1.22 bits per heavy atom. The number of nitrogens with zero attached hydrogens (tertiary/aromatic N) is 1. The first-order chi connectivity index (χ1) is 13.1. The Bertz CT molecular complexity index is 838. The average molecular weight is 377 g/mol. The molecule has 0 N–H and O–H groups in total. The van der Waals surface area contributed by atoms with Gasteiger partial charge < -0.3 is 4.90 Å². The van der Waals surface area contributed by atoms with Crippen molar-refractivity contribution < 1.29 is 0 Å². The highest BCUT2D eigenvalue weighted by molar-refractivity contribution is 7.95. The summed E-state index contributed by atoms with van der Waals surface area (Å²) in [6.07, 6.45) is 3.68. The van der Waals surface area contributed by atoms with Crippen molar-refractivity contribution in [2.75, 3.05) is 25.7 Å². The number of aryl methyl sites for hydroxylation is 1. The maximum Gasteiger partial charge on any atom is 0.109 e. The highest BCUT2D eigenvalue weighted by Gasteiger charge is 2.40. The molecule has 0 saturated carbocycles. The first-order valence-corrected chi connectivity index (χ1v) is 12.1. The van der Waals surface area contributed by atoms with Crippen molar-refractivity contribution in [3.8, 4) is 0 Å². The van der Waals surface area contributed by atoms with E-state index in [9.17, 15) is 0 Å². The largest absolute Gasteiger partial charge is 0.378 e. The molecule has 0 aliphatic carbocycles. The fourth-order valence-corrected chi connectivity index (χ4v) is 6.72. The van der Waals surface area contributed by atoms with Crippen molar-refractivity contribution >= 4 is 28.9 Å². The molecule has 0 amide bonds. The van der Waals surface area contributed by atoms with Crippen LogP contribution in [-0.2, 0) is 6.42 Å². The van der Waals surface area contributed by atoms with E-state index in [0.29, 0.717) is 0 Å². The molecule has 1 unspecified atom stereocenters. The lowest BCUT2D eigenvalue weighted by Gasteiger charge is -2.24. The Morgan fingerprint density at radius 1 is 0.704 bits per heavy atom. The predicted molar refractivity (Wildman–Crippen MR) is 124 cm³/mol. The second-order valence-electron chi connectivity index (χ2n) is 7.52. The lowest BCUT2D eigenvalue weighted by molar-refractivity contribution is 0.795. The van der Waals surface area contributed by atoms with E-state index < -0.39 is 7.26 Å². The predicted octanol–water partition coefficient (Wildman–Crippen LogP) is 5.02. The zero-order valence-corrected chi connectivity index (χ0v) is 17.9. The third-order valence-electron chi connectivity index (χ3n) is 5.43. The van der Waals surface area contributed by atoms with Crippen LogP contribution in [0, 0.1) is 0 Å². The second-order valence-corrected chi connectivity index (χ2v) is 11.1. The van der Waals surface area contributed by atoms with Gasteiger partial charge in [-0.05, 0) is 66.9 Å². The number of hydrogen-bond donors (Lipinski definition) is 0. The maximum atomic E-state index is 2.45. The zero-order valence-electron chi connectivity index (χ0n) is 17.0. The number of benzene rings is 3. The van der Waals surface area contributed by atoms with Crippen molar-refractivity contribution in [2.45, 2.75) is 26.2 Å². The summed E-state index contributed by atoms with van der Waals surface area (Å²) in [6.45, 7) is 4.71. The summed E-state index contributed by atoms with van der Waals surface area (Å²) < 4.78 is 0. The van der Waals surface area contributed by atoms with Crippen molar-refractivity contribution in [3.05, 3.63) is 84.4 Å². The normalized spacial score (nSPS) is 13.2. The van der Waals surface area contributed by atoms with Crippen LogP contribution in [-0.4, -0.2) is 20.8 Å². The Hall–Kier alpha value is -2.11.